The van der Waals surface area contributed by atoms with Crippen molar-refractivity contribution in [3.8, 4) is 5.88 Å². The molecule has 0 bridgehead atoms. The van der Waals surface area contributed by atoms with Gasteiger partial charge in [-0.3, -0.25) is 9.59 Å². The summed E-state index contributed by atoms with van der Waals surface area (Å²) < 4.78 is 5.20. The summed E-state index contributed by atoms with van der Waals surface area (Å²) in [5.74, 6) is 0.141. The second-order valence-corrected chi connectivity index (χ2v) is 6.52. The topological polar surface area (TPSA) is 95.5 Å². The molecule has 0 aliphatic carbocycles. The summed E-state index contributed by atoms with van der Waals surface area (Å²) in [5.41, 5.74) is -0.0543. The number of carbonyl (C=O) groups is 1. The number of hydrogen-bond acceptors (Lipinski definition) is 6. The maximum Gasteiger partial charge on any atom is 0.258 e. The number of amides is 1. The van der Waals surface area contributed by atoms with Crippen molar-refractivity contribution in [3.63, 3.8) is 0 Å². The minimum atomic E-state index is -0.345. The normalized spacial score (nSPS) is 15.3. The first-order chi connectivity index (χ1) is 10.5. The number of aromatic hydroxyl groups is 1. The Balaban J connectivity index is 1.98. The Bertz CT molecular complexity index is 582. The highest BCUT2D eigenvalue weighted by atomic mass is 32.2. The van der Waals surface area contributed by atoms with Gasteiger partial charge in [-0.2, -0.15) is 4.98 Å². The SMILES string of the molecule is CC(C)Cc1c(O)nc(SCC(=O)N2CCOCC2)[nH]c1=O. The van der Waals surface area contributed by atoms with Gasteiger partial charge in [0.15, 0.2) is 5.16 Å². The van der Waals surface area contributed by atoms with Gasteiger partial charge in [0, 0.05) is 13.1 Å². The molecule has 0 spiro atoms. The van der Waals surface area contributed by atoms with Crippen molar-refractivity contribution in [2.75, 3.05) is 32.1 Å². The van der Waals surface area contributed by atoms with E-state index in [1.807, 2.05) is 13.8 Å². The van der Waals surface area contributed by atoms with Crippen LogP contribution < -0.4 is 5.56 Å². The Morgan fingerprint density at radius 2 is 2.14 bits per heavy atom. The molecular formula is C14H21N3O4S. The lowest BCUT2D eigenvalue weighted by molar-refractivity contribution is -0.132. The van der Waals surface area contributed by atoms with Crippen molar-refractivity contribution in [1.82, 2.24) is 14.9 Å². The quantitative estimate of drug-likeness (QED) is 0.608. The van der Waals surface area contributed by atoms with Gasteiger partial charge in [-0.1, -0.05) is 25.6 Å². The first-order valence-electron chi connectivity index (χ1n) is 7.28. The monoisotopic (exact) mass is 327 g/mol. The third kappa shape index (κ3) is 4.48. The predicted octanol–water partition coefficient (Wildman–Crippen LogP) is 0.625. The number of nitrogens with one attached hydrogen (secondary N) is 1. The highest BCUT2D eigenvalue weighted by molar-refractivity contribution is 7.99. The number of morpholine rings is 1. The molecule has 1 fully saturated rings. The molecular weight excluding hydrogens is 306 g/mol. The number of thioether (sulfide) groups is 1. The Hall–Kier alpha value is -1.54. The molecule has 0 radical (unpaired) electrons. The van der Waals surface area contributed by atoms with Crippen molar-refractivity contribution in [1.29, 1.82) is 0 Å². The number of nitrogens with zero attached hydrogens (tertiary/aromatic N) is 2. The van der Waals surface area contributed by atoms with Gasteiger partial charge >= 0.3 is 0 Å². The average Bonchev–Trinajstić information content (AvgIpc) is 2.49. The van der Waals surface area contributed by atoms with Crippen molar-refractivity contribution in [3.05, 3.63) is 15.9 Å². The molecule has 2 rings (SSSR count). The van der Waals surface area contributed by atoms with Gasteiger partial charge in [-0.25, -0.2) is 0 Å². The van der Waals surface area contributed by atoms with Gasteiger partial charge < -0.3 is 19.7 Å². The molecule has 1 amide bonds. The Labute approximate surface area is 133 Å². The Morgan fingerprint density at radius 3 is 2.73 bits per heavy atom. The minimum Gasteiger partial charge on any atom is -0.493 e. The standard InChI is InChI=1S/C14H21N3O4S/c1-9(2)7-10-12(19)15-14(16-13(10)20)22-8-11(18)17-3-5-21-6-4-17/h9H,3-8H2,1-2H3,(H2,15,16,19,20). The molecule has 0 unspecified atom stereocenters. The molecule has 1 saturated heterocycles. The molecule has 0 aromatic carbocycles. The molecule has 2 N–H and O–H groups in total. The molecule has 7 nitrogen and oxygen atoms in total. The van der Waals surface area contributed by atoms with E-state index in [1.165, 1.54) is 0 Å². The molecule has 2 heterocycles. The van der Waals surface area contributed by atoms with E-state index < -0.39 is 0 Å². The third-order valence-electron chi connectivity index (χ3n) is 3.28. The van der Waals surface area contributed by atoms with Crippen LogP contribution in [0.1, 0.15) is 19.4 Å². The van der Waals surface area contributed by atoms with Crippen molar-refractivity contribution in [2.24, 2.45) is 5.92 Å². The number of H-pyrrole nitrogens is 1. The Kier molecular flexibility index (Phi) is 5.84. The van der Waals surface area contributed by atoms with Crippen LogP contribution in [0.4, 0.5) is 0 Å². The van der Waals surface area contributed by atoms with Crippen LogP contribution in [0.3, 0.4) is 0 Å². The van der Waals surface area contributed by atoms with Crippen molar-refractivity contribution >= 4 is 17.7 Å². The average molecular weight is 327 g/mol. The van der Waals surface area contributed by atoms with Crippen LogP contribution in [-0.2, 0) is 16.0 Å². The summed E-state index contributed by atoms with van der Waals surface area (Å²) in [6.45, 7) is 6.20. The highest BCUT2D eigenvalue weighted by Gasteiger charge is 2.18. The van der Waals surface area contributed by atoms with Crippen molar-refractivity contribution < 1.29 is 14.6 Å². The summed E-state index contributed by atoms with van der Waals surface area (Å²) >= 11 is 1.12. The number of hydrogen-bond donors (Lipinski definition) is 2. The molecule has 8 heteroatoms. The van der Waals surface area contributed by atoms with E-state index in [4.69, 9.17) is 4.74 Å². The minimum absolute atomic E-state index is 0.0262. The maximum atomic E-state index is 12.0. The van der Waals surface area contributed by atoms with Crippen LogP contribution in [0.25, 0.3) is 0 Å². The Morgan fingerprint density at radius 1 is 1.45 bits per heavy atom. The summed E-state index contributed by atoms with van der Waals surface area (Å²) in [6, 6.07) is 0. The summed E-state index contributed by atoms with van der Waals surface area (Å²) in [6.07, 6.45) is 0.464. The lowest BCUT2D eigenvalue weighted by Crippen LogP contribution is -2.41. The smallest absolute Gasteiger partial charge is 0.258 e. The molecule has 122 valence electrons. The zero-order valence-electron chi connectivity index (χ0n) is 12.8. The lowest BCUT2D eigenvalue weighted by Gasteiger charge is -2.26. The van der Waals surface area contributed by atoms with Crippen LogP contribution >= 0.6 is 11.8 Å². The second-order valence-electron chi connectivity index (χ2n) is 5.55. The van der Waals surface area contributed by atoms with Crippen LogP contribution in [0.15, 0.2) is 9.95 Å². The summed E-state index contributed by atoms with van der Waals surface area (Å²) in [5, 5.41) is 10.1. The fourth-order valence-corrected chi connectivity index (χ4v) is 2.92. The second kappa shape index (κ2) is 7.64. The first kappa shape index (κ1) is 16.8. The molecule has 1 aromatic rings. The lowest BCUT2D eigenvalue weighted by atomic mass is 10.1. The van der Waals surface area contributed by atoms with E-state index in [-0.39, 0.29) is 34.2 Å². The number of ether oxygens (including phenoxy) is 1. The fourth-order valence-electron chi connectivity index (χ4n) is 2.16. The first-order valence-corrected chi connectivity index (χ1v) is 8.26. The van der Waals surface area contributed by atoms with Gasteiger partial charge in [0.05, 0.1) is 24.5 Å². The van der Waals surface area contributed by atoms with E-state index in [0.717, 1.165) is 11.8 Å². The van der Waals surface area contributed by atoms with E-state index >= 15 is 0 Å². The molecule has 0 atom stereocenters. The van der Waals surface area contributed by atoms with Gasteiger partial charge in [0.25, 0.3) is 5.56 Å². The highest BCUT2D eigenvalue weighted by Crippen LogP contribution is 2.19. The van der Waals surface area contributed by atoms with Crippen LogP contribution in [0.5, 0.6) is 5.88 Å². The van der Waals surface area contributed by atoms with E-state index in [0.29, 0.717) is 38.3 Å². The zero-order chi connectivity index (χ0) is 16.1. The largest absolute Gasteiger partial charge is 0.493 e. The fraction of sp³-hybridized carbons (Fsp3) is 0.643. The molecule has 22 heavy (non-hydrogen) atoms. The van der Waals surface area contributed by atoms with Gasteiger partial charge in [0.2, 0.25) is 11.8 Å². The number of aromatic nitrogens is 2. The van der Waals surface area contributed by atoms with Gasteiger partial charge in [-0.05, 0) is 12.3 Å². The number of aromatic amines is 1. The van der Waals surface area contributed by atoms with Crippen LogP contribution in [0.2, 0.25) is 0 Å². The summed E-state index contributed by atoms with van der Waals surface area (Å²) in [7, 11) is 0. The van der Waals surface area contributed by atoms with Crippen LogP contribution in [0, 0.1) is 5.92 Å². The van der Waals surface area contributed by atoms with Gasteiger partial charge in [0.1, 0.15) is 0 Å². The van der Waals surface area contributed by atoms with E-state index in [1.54, 1.807) is 4.90 Å². The summed E-state index contributed by atoms with van der Waals surface area (Å²) in [4.78, 5) is 32.3. The van der Waals surface area contributed by atoms with Crippen LogP contribution in [-0.4, -0.2) is 57.9 Å². The predicted molar refractivity (Wildman–Crippen MR) is 83.2 cm³/mol. The van der Waals surface area contributed by atoms with Gasteiger partial charge in [-0.15, -0.1) is 0 Å². The molecule has 1 aliphatic rings. The molecule has 1 aromatic heterocycles. The van der Waals surface area contributed by atoms with Crippen molar-refractivity contribution in [2.45, 2.75) is 25.4 Å². The third-order valence-corrected chi connectivity index (χ3v) is 4.14. The molecule has 1 aliphatic heterocycles. The maximum absolute atomic E-state index is 12.0. The number of rotatable bonds is 5. The number of carbonyl (C=O) groups excluding carboxylic acids is 1. The zero-order valence-corrected chi connectivity index (χ0v) is 13.6. The van der Waals surface area contributed by atoms with E-state index in [2.05, 4.69) is 9.97 Å². The van der Waals surface area contributed by atoms with E-state index in [9.17, 15) is 14.7 Å². The molecule has 0 saturated carbocycles.